The lowest BCUT2D eigenvalue weighted by Gasteiger charge is -2.14. The molecule has 3 nitrogen and oxygen atoms in total. The van der Waals surface area contributed by atoms with Crippen molar-refractivity contribution in [2.75, 3.05) is 13.2 Å². The summed E-state index contributed by atoms with van der Waals surface area (Å²) in [6, 6.07) is 0. The summed E-state index contributed by atoms with van der Waals surface area (Å²) >= 11 is 0. The molecule has 0 heterocycles. The predicted molar refractivity (Wildman–Crippen MR) is 56.0 cm³/mol. The van der Waals surface area contributed by atoms with Gasteiger partial charge in [-0.25, -0.2) is 4.79 Å². The van der Waals surface area contributed by atoms with Gasteiger partial charge in [0.25, 0.3) is 0 Å². The van der Waals surface area contributed by atoms with Gasteiger partial charge in [0.2, 0.25) is 0 Å². The highest BCUT2D eigenvalue weighted by atomic mass is 16.6. The van der Waals surface area contributed by atoms with E-state index in [2.05, 4.69) is 20.4 Å². The zero-order valence-electron chi connectivity index (χ0n) is 9.50. The standard InChI is InChI=1S/C11H20O3/c1-8(2)6-13-7-10(5)14-11(12)9(3)4/h8,10H,3,6-7H2,1-2,4-5H3. The summed E-state index contributed by atoms with van der Waals surface area (Å²) in [5.74, 6) is 0.143. The van der Waals surface area contributed by atoms with Gasteiger partial charge in [0.05, 0.1) is 6.61 Å². The maximum atomic E-state index is 11.1. The fraction of sp³-hybridized carbons (Fsp3) is 0.727. The van der Waals surface area contributed by atoms with Gasteiger partial charge in [-0.2, -0.15) is 0 Å². The van der Waals surface area contributed by atoms with E-state index in [0.29, 0.717) is 24.7 Å². The van der Waals surface area contributed by atoms with Crippen LogP contribution in [0.2, 0.25) is 0 Å². The van der Waals surface area contributed by atoms with Crippen LogP contribution in [0.5, 0.6) is 0 Å². The quantitative estimate of drug-likeness (QED) is 0.487. The highest BCUT2D eigenvalue weighted by Gasteiger charge is 2.09. The second-order valence-corrected chi connectivity index (χ2v) is 3.93. The predicted octanol–water partition coefficient (Wildman–Crippen LogP) is 2.17. The SMILES string of the molecule is C=C(C)C(=O)OC(C)COCC(C)C. The minimum absolute atomic E-state index is 0.210. The summed E-state index contributed by atoms with van der Waals surface area (Å²) in [4.78, 5) is 11.1. The van der Waals surface area contributed by atoms with E-state index in [9.17, 15) is 4.79 Å². The van der Waals surface area contributed by atoms with Gasteiger partial charge >= 0.3 is 5.97 Å². The molecule has 0 rings (SSSR count). The molecule has 0 aliphatic carbocycles. The molecule has 0 amide bonds. The van der Waals surface area contributed by atoms with E-state index in [-0.39, 0.29) is 12.1 Å². The highest BCUT2D eigenvalue weighted by molar-refractivity contribution is 5.87. The van der Waals surface area contributed by atoms with Crippen molar-refractivity contribution in [2.45, 2.75) is 33.8 Å². The molecule has 0 aromatic carbocycles. The molecule has 14 heavy (non-hydrogen) atoms. The van der Waals surface area contributed by atoms with Crippen LogP contribution in [0.3, 0.4) is 0 Å². The lowest BCUT2D eigenvalue weighted by atomic mass is 10.2. The monoisotopic (exact) mass is 200 g/mol. The summed E-state index contributed by atoms with van der Waals surface area (Å²) in [7, 11) is 0. The van der Waals surface area contributed by atoms with E-state index in [1.807, 2.05) is 0 Å². The van der Waals surface area contributed by atoms with Gasteiger partial charge in [-0.05, 0) is 19.8 Å². The first-order chi connectivity index (χ1) is 6.43. The largest absolute Gasteiger partial charge is 0.457 e. The second kappa shape index (κ2) is 6.60. The van der Waals surface area contributed by atoms with Gasteiger partial charge in [0, 0.05) is 12.2 Å². The summed E-state index contributed by atoms with van der Waals surface area (Å²) < 4.78 is 10.4. The average Bonchev–Trinajstić information content (AvgIpc) is 2.02. The zero-order chi connectivity index (χ0) is 11.1. The van der Waals surface area contributed by atoms with Crippen LogP contribution in [0.25, 0.3) is 0 Å². The van der Waals surface area contributed by atoms with Crippen molar-refractivity contribution < 1.29 is 14.3 Å². The minimum Gasteiger partial charge on any atom is -0.457 e. The van der Waals surface area contributed by atoms with Crippen LogP contribution >= 0.6 is 0 Å². The number of carbonyl (C=O) groups is 1. The number of rotatable bonds is 6. The summed E-state index contributed by atoms with van der Waals surface area (Å²) in [6.07, 6.45) is -0.210. The molecule has 1 unspecified atom stereocenters. The van der Waals surface area contributed by atoms with Crippen LogP contribution in [0, 0.1) is 5.92 Å². The molecule has 0 N–H and O–H groups in total. The molecule has 0 aliphatic rings. The first kappa shape index (κ1) is 13.2. The third-order valence-corrected chi connectivity index (χ3v) is 1.46. The van der Waals surface area contributed by atoms with Crippen LogP contribution in [0.4, 0.5) is 0 Å². The van der Waals surface area contributed by atoms with Gasteiger partial charge in [-0.3, -0.25) is 0 Å². The number of esters is 1. The van der Waals surface area contributed by atoms with Crippen LogP contribution < -0.4 is 0 Å². The zero-order valence-corrected chi connectivity index (χ0v) is 9.50. The van der Waals surface area contributed by atoms with E-state index in [0.717, 1.165) is 0 Å². The number of carbonyl (C=O) groups excluding carboxylic acids is 1. The number of hydrogen-bond donors (Lipinski definition) is 0. The Morgan fingerprint density at radius 1 is 1.29 bits per heavy atom. The van der Waals surface area contributed by atoms with Gasteiger partial charge in [0.1, 0.15) is 6.10 Å². The number of ether oxygens (including phenoxy) is 2. The van der Waals surface area contributed by atoms with Gasteiger partial charge in [-0.1, -0.05) is 20.4 Å². The first-order valence-corrected chi connectivity index (χ1v) is 4.87. The van der Waals surface area contributed by atoms with Crippen LogP contribution in [0.15, 0.2) is 12.2 Å². The molecule has 0 aliphatic heterocycles. The molecule has 0 fully saturated rings. The molecule has 0 aromatic heterocycles. The lowest BCUT2D eigenvalue weighted by molar-refractivity contribution is -0.146. The lowest BCUT2D eigenvalue weighted by Crippen LogP contribution is -2.21. The minimum atomic E-state index is -0.356. The van der Waals surface area contributed by atoms with Crippen molar-refractivity contribution in [3.05, 3.63) is 12.2 Å². The van der Waals surface area contributed by atoms with Crippen LogP contribution in [0.1, 0.15) is 27.7 Å². The maximum Gasteiger partial charge on any atom is 0.333 e. The normalized spacial score (nSPS) is 12.6. The Balaban J connectivity index is 3.60. The summed E-state index contributed by atoms with van der Waals surface area (Å²) in [5, 5.41) is 0. The first-order valence-electron chi connectivity index (χ1n) is 4.87. The van der Waals surface area contributed by atoms with Crippen molar-refractivity contribution in [3.8, 4) is 0 Å². The molecule has 0 radical (unpaired) electrons. The van der Waals surface area contributed by atoms with Crippen molar-refractivity contribution in [2.24, 2.45) is 5.92 Å². The maximum absolute atomic E-state index is 11.1. The molecule has 0 spiro atoms. The third-order valence-electron chi connectivity index (χ3n) is 1.46. The van der Waals surface area contributed by atoms with Gasteiger partial charge in [0.15, 0.2) is 0 Å². The van der Waals surface area contributed by atoms with Crippen molar-refractivity contribution >= 4 is 5.97 Å². The van der Waals surface area contributed by atoms with Gasteiger partial charge in [-0.15, -0.1) is 0 Å². The Morgan fingerprint density at radius 3 is 2.29 bits per heavy atom. The Morgan fingerprint density at radius 2 is 1.86 bits per heavy atom. The molecule has 1 atom stereocenters. The fourth-order valence-electron chi connectivity index (χ4n) is 0.787. The molecule has 82 valence electrons. The van der Waals surface area contributed by atoms with Crippen LogP contribution in [-0.2, 0) is 14.3 Å². The summed E-state index contributed by atoms with van der Waals surface area (Å²) in [6.45, 7) is 12.2. The van der Waals surface area contributed by atoms with Crippen molar-refractivity contribution in [3.63, 3.8) is 0 Å². The van der Waals surface area contributed by atoms with E-state index in [4.69, 9.17) is 9.47 Å². The van der Waals surface area contributed by atoms with Crippen molar-refractivity contribution in [1.82, 2.24) is 0 Å². The van der Waals surface area contributed by atoms with Crippen LogP contribution in [-0.4, -0.2) is 25.3 Å². The van der Waals surface area contributed by atoms with Crippen molar-refractivity contribution in [1.29, 1.82) is 0 Å². The van der Waals surface area contributed by atoms with E-state index < -0.39 is 0 Å². The molecule has 0 aromatic rings. The molecular formula is C11H20O3. The fourth-order valence-corrected chi connectivity index (χ4v) is 0.787. The van der Waals surface area contributed by atoms with E-state index in [1.165, 1.54) is 0 Å². The topological polar surface area (TPSA) is 35.5 Å². The molecular weight excluding hydrogens is 180 g/mol. The molecule has 3 heteroatoms. The van der Waals surface area contributed by atoms with E-state index in [1.54, 1.807) is 13.8 Å². The summed E-state index contributed by atoms with van der Waals surface area (Å²) in [5.41, 5.74) is 0.417. The molecule has 0 saturated heterocycles. The van der Waals surface area contributed by atoms with Gasteiger partial charge < -0.3 is 9.47 Å². The second-order valence-electron chi connectivity index (χ2n) is 3.93. The smallest absolute Gasteiger partial charge is 0.333 e. The Hall–Kier alpha value is -0.830. The van der Waals surface area contributed by atoms with E-state index >= 15 is 0 Å². The third kappa shape index (κ3) is 6.66. The molecule has 0 bridgehead atoms. The average molecular weight is 200 g/mol. The Kier molecular flexibility index (Phi) is 6.21. The highest BCUT2D eigenvalue weighted by Crippen LogP contribution is 2.00. The Labute approximate surface area is 86.1 Å². The molecule has 0 saturated carbocycles. The number of hydrogen-bond acceptors (Lipinski definition) is 3. The Bertz CT molecular complexity index is 197.